The number of carbonyl (C=O) groups excluding carboxylic acids is 1. The van der Waals surface area contributed by atoms with Gasteiger partial charge in [0.05, 0.1) is 7.11 Å². The fourth-order valence-electron chi connectivity index (χ4n) is 4.26. The van der Waals surface area contributed by atoms with Gasteiger partial charge in [-0.05, 0) is 65.6 Å². The van der Waals surface area contributed by atoms with Crippen molar-refractivity contribution in [3.63, 3.8) is 0 Å². The molecule has 0 aromatic heterocycles. The Kier molecular flexibility index (Phi) is 7.24. The Hall–Kier alpha value is -2.27. The van der Waals surface area contributed by atoms with Crippen molar-refractivity contribution in [1.82, 2.24) is 4.90 Å². The van der Waals surface area contributed by atoms with E-state index in [0.29, 0.717) is 18.0 Å². The third-order valence-electron chi connectivity index (χ3n) is 6.02. The van der Waals surface area contributed by atoms with E-state index in [9.17, 15) is 4.79 Å². The molecule has 1 aromatic rings. The topological polar surface area (TPSA) is 48.0 Å². The lowest BCUT2D eigenvalue weighted by molar-refractivity contribution is -0.124. The van der Waals surface area contributed by atoms with Crippen LogP contribution in [0.4, 0.5) is 0 Å². The van der Waals surface area contributed by atoms with E-state index < -0.39 is 0 Å². The highest BCUT2D eigenvalue weighted by Gasteiger charge is 2.35. The summed E-state index contributed by atoms with van der Waals surface area (Å²) < 4.78 is 17.1. The molecule has 164 valence electrons. The highest BCUT2D eigenvalue weighted by Crippen LogP contribution is 2.50. The van der Waals surface area contributed by atoms with E-state index in [1.165, 1.54) is 16.7 Å². The van der Waals surface area contributed by atoms with Gasteiger partial charge in [-0.2, -0.15) is 0 Å². The molecular formula is C25H35NO4. The molecular weight excluding hydrogens is 378 g/mol. The third kappa shape index (κ3) is 4.89. The lowest BCUT2D eigenvalue weighted by atomic mass is 9.84. The molecule has 1 atom stereocenters. The van der Waals surface area contributed by atoms with Crippen molar-refractivity contribution in [3.05, 3.63) is 40.5 Å². The minimum Gasteiger partial charge on any atom is -0.492 e. The summed E-state index contributed by atoms with van der Waals surface area (Å²) in [7, 11) is 3.75. The number of methoxy groups -OCH3 is 1. The fourth-order valence-corrected chi connectivity index (χ4v) is 4.26. The number of ketones is 1. The summed E-state index contributed by atoms with van der Waals surface area (Å²) in [4.78, 5) is 15.7. The number of nitrogens with zero attached hydrogens (tertiary/aromatic N) is 1. The Morgan fingerprint density at radius 1 is 1.20 bits per heavy atom. The summed E-state index contributed by atoms with van der Waals surface area (Å²) in [5.41, 5.74) is 4.77. The molecule has 0 amide bonds. The van der Waals surface area contributed by atoms with Gasteiger partial charge in [0, 0.05) is 30.5 Å². The van der Waals surface area contributed by atoms with Gasteiger partial charge in [-0.15, -0.1) is 0 Å². The average Bonchev–Trinajstić information content (AvgIpc) is 3.16. The van der Waals surface area contributed by atoms with Gasteiger partial charge in [-0.25, -0.2) is 0 Å². The van der Waals surface area contributed by atoms with Crippen molar-refractivity contribution in [2.24, 2.45) is 5.92 Å². The van der Waals surface area contributed by atoms with E-state index in [4.69, 9.17) is 14.2 Å². The lowest BCUT2D eigenvalue weighted by Gasteiger charge is -2.36. The van der Waals surface area contributed by atoms with Crippen molar-refractivity contribution in [3.8, 4) is 17.2 Å². The summed E-state index contributed by atoms with van der Waals surface area (Å²) in [5, 5.41) is 0. The van der Waals surface area contributed by atoms with Crippen LogP contribution in [0.25, 0.3) is 0 Å². The molecule has 2 heterocycles. The van der Waals surface area contributed by atoms with E-state index in [1.54, 1.807) is 7.11 Å². The second kappa shape index (κ2) is 9.69. The third-order valence-corrected chi connectivity index (χ3v) is 6.02. The van der Waals surface area contributed by atoms with Crippen molar-refractivity contribution >= 4 is 5.78 Å². The lowest BCUT2D eigenvalue weighted by Crippen LogP contribution is -2.35. The molecule has 0 saturated carbocycles. The van der Waals surface area contributed by atoms with Gasteiger partial charge in [-0.1, -0.05) is 23.3 Å². The maximum absolute atomic E-state index is 13.4. The van der Waals surface area contributed by atoms with Crippen molar-refractivity contribution < 1.29 is 19.0 Å². The maximum Gasteiger partial charge on any atom is 0.231 e. The molecule has 3 rings (SSSR count). The Labute approximate surface area is 180 Å². The molecule has 0 saturated heterocycles. The molecule has 0 aliphatic carbocycles. The summed E-state index contributed by atoms with van der Waals surface area (Å²) in [6, 6.07) is 2.04. The highest BCUT2D eigenvalue weighted by atomic mass is 16.7. The Balaban J connectivity index is 1.91. The zero-order valence-electron chi connectivity index (χ0n) is 19.2. The second-order valence-corrected chi connectivity index (χ2v) is 8.86. The summed E-state index contributed by atoms with van der Waals surface area (Å²) in [5.74, 6) is 2.41. The fraction of sp³-hybridized carbons (Fsp3) is 0.560. The molecule has 0 fully saturated rings. The van der Waals surface area contributed by atoms with Gasteiger partial charge in [0.25, 0.3) is 0 Å². The minimum absolute atomic E-state index is 0.00594. The number of fused-ring (bicyclic) bond motifs is 2. The number of likely N-dealkylation sites (N-methyl/N-ethyl adjacent to an activating group) is 1. The number of rotatable bonds is 8. The molecule has 0 N–H and O–H groups in total. The van der Waals surface area contributed by atoms with Crippen LogP contribution in [0.2, 0.25) is 0 Å². The molecule has 0 spiro atoms. The summed E-state index contributed by atoms with van der Waals surface area (Å²) in [6.07, 6.45) is 7.30. The van der Waals surface area contributed by atoms with E-state index in [-0.39, 0.29) is 18.8 Å². The van der Waals surface area contributed by atoms with E-state index in [1.807, 2.05) is 0 Å². The first-order chi connectivity index (χ1) is 14.3. The molecule has 1 aromatic carbocycles. The van der Waals surface area contributed by atoms with Crippen molar-refractivity contribution in [1.29, 1.82) is 0 Å². The number of hydrogen-bond acceptors (Lipinski definition) is 5. The van der Waals surface area contributed by atoms with Gasteiger partial charge in [0.15, 0.2) is 11.5 Å². The number of Topliss-reactive ketones (excluding diaryl/α,β-unsaturated/α-hetero) is 1. The van der Waals surface area contributed by atoms with Gasteiger partial charge >= 0.3 is 0 Å². The first-order valence-corrected chi connectivity index (χ1v) is 10.8. The smallest absolute Gasteiger partial charge is 0.231 e. The average molecular weight is 414 g/mol. The predicted octanol–water partition coefficient (Wildman–Crippen LogP) is 5.24. The Bertz CT molecular complexity index is 827. The standard InChI is InChI=1S/C25H35NO4/c1-16(2)7-9-18(10-8-17(3)4)21(27)14-20-23-19(11-12-26(20)5)13-22-24(25(23)28-6)30-15-29-22/h7-8,13,18,20H,9-12,14-15H2,1-6H3/t20-/m1/s1. The largest absolute Gasteiger partial charge is 0.492 e. The van der Waals surface area contributed by atoms with Crippen LogP contribution in [0.15, 0.2) is 29.4 Å². The number of ether oxygens (including phenoxy) is 3. The molecule has 5 heteroatoms. The number of benzene rings is 1. The van der Waals surface area contributed by atoms with E-state index >= 15 is 0 Å². The number of hydrogen-bond donors (Lipinski definition) is 0. The van der Waals surface area contributed by atoms with Crippen LogP contribution in [0.5, 0.6) is 17.2 Å². The molecule has 2 aliphatic heterocycles. The monoisotopic (exact) mass is 413 g/mol. The quantitative estimate of drug-likeness (QED) is 0.546. The number of allylic oxidation sites excluding steroid dienone is 4. The summed E-state index contributed by atoms with van der Waals surface area (Å²) in [6.45, 7) is 9.45. The zero-order chi connectivity index (χ0) is 21.8. The van der Waals surface area contributed by atoms with Gasteiger partial charge in [0.2, 0.25) is 12.5 Å². The van der Waals surface area contributed by atoms with Crippen molar-refractivity contribution in [2.45, 2.75) is 59.4 Å². The van der Waals surface area contributed by atoms with Crippen LogP contribution in [0.1, 0.15) is 64.1 Å². The van der Waals surface area contributed by atoms with Gasteiger partial charge < -0.3 is 14.2 Å². The second-order valence-electron chi connectivity index (χ2n) is 8.86. The molecule has 0 radical (unpaired) electrons. The van der Waals surface area contributed by atoms with Crippen LogP contribution < -0.4 is 14.2 Å². The van der Waals surface area contributed by atoms with Crippen LogP contribution in [-0.2, 0) is 11.2 Å². The van der Waals surface area contributed by atoms with Crippen molar-refractivity contribution in [2.75, 3.05) is 27.5 Å². The Morgan fingerprint density at radius 3 is 2.47 bits per heavy atom. The number of carbonyl (C=O) groups is 1. The summed E-state index contributed by atoms with van der Waals surface area (Å²) >= 11 is 0. The van der Waals surface area contributed by atoms with Gasteiger partial charge in [0.1, 0.15) is 5.78 Å². The maximum atomic E-state index is 13.4. The van der Waals surface area contributed by atoms with Gasteiger partial charge in [-0.3, -0.25) is 9.69 Å². The zero-order valence-corrected chi connectivity index (χ0v) is 19.2. The normalized spacial score (nSPS) is 17.5. The molecule has 30 heavy (non-hydrogen) atoms. The molecule has 5 nitrogen and oxygen atoms in total. The predicted molar refractivity (Wildman–Crippen MR) is 119 cm³/mol. The van der Waals surface area contributed by atoms with E-state index in [0.717, 1.165) is 42.9 Å². The highest BCUT2D eigenvalue weighted by molar-refractivity contribution is 5.82. The minimum atomic E-state index is -0.0217. The van der Waals surface area contributed by atoms with Crippen LogP contribution in [0, 0.1) is 5.92 Å². The van der Waals surface area contributed by atoms with Crippen LogP contribution in [0.3, 0.4) is 0 Å². The SMILES string of the molecule is COc1c2c(cc3c1[C@@H](CC(=O)C(CC=C(C)C)CC=C(C)C)N(C)CC3)OCO2. The Morgan fingerprint density at radius 2 is 1.87 bits per heavy atom. The van der Waals surface area contributed by atoms with Crippen LogP contribution >= 0.6 is 0 Å². The molecule has 0 bridgehead atoms. The molecule has 2 aliphatic rings. The van der Waals surface area contributed by atoms with E-state index in [2.05, 4.69) is 57.9 Å². The first-order valence-electron chi connectivity index (χ1n) is 10.8. The molecule has 0 unspecified atom stereocenters. The van der Waals surface area contributed by atoms with Crippen LogP contribution in [-0.4, -0.2) is 38.2 Å². The first kappa shape index (κ1) is 22.4.